The smallest absolute Gasteiger partial charge is 0.251 e. The number of benzene rings is 1. The van der Waals surface area contributed by atoms with Gasteiger partial charge in [-0.25, -0.2) is 0 Å². The van der Waals surface area contributed by atoms with Gasteiger partial charge in [0.1, 0.15) is 0 Å². The molecule has 1 unspecified atom stereocenters. The molecule has 0 amide bonds. The Labute approximate surface area is 118 Å². The highest BCUT2D eigenvalue weighted by molar-refractivity contribution is 5.67. The molecule has 0 radical (unpaired) electrons. The third-order valence-corrected chi connectivity index (χ3v) is 2.95. The summed E-state index contributed by atoms with van der Waals surface area (Å²) in [6, 6.07) is 5.55. The lowest BCUT2D eigenvalue weighted by atomic mass is 10.2. The molecule has 0 saturated carbocycles. The SMILES string of the molecule is CCNC(C)c1nnc(-c2cccc(OC)c2OC)o1. The molecule has 0 spiro atoms. The lowest BCUT2D eigenvalue weighted by Gasteiger charge is -2.10. The predicted molar refractivity (Wildman–Crippen MR) is 74.9 cm³/mol. The maximum Gasteiger partial charge on any atom is 0.251 e. The van der Waals surface area contributed by atoms with Crippen molar-refractivity contribution in [2.45, 2.75) is 19.9 Å². The highest BCUT2D eigenvalue weighted by Crippen LogP contribution is 2.37. The number of nitrogens with one attached hydrogen (secondary N) is 1. The number of hydrogen-bond acceptors (Lipinski definition) is 6. The normalized spacial score (nSPS) is 12.2. The molecule has 2 aromatic rings. The third-order valence-electron chi connectivity index (χ3n) is 2.95. The van der Waals surface area contributed by atoms with Gasteiger partial charge in [-0.15, -0.1) is 10.2 Å². The Kier molecular flexibility index (Phi) is 4.57. The first-order chi connectivity index (χ1) is 9.71. The van der Waals surface area contributed by atoms with Gasteiger partial charge >= 0.3 is 0 Å². The average molecular weight is 277 g/mol. The molecule has 20 heavy (non-hydrogen) atoms. The molecule has 0 bridgehead atoms. The lowest BCUT2D eigenvalue weighted by Crippen LogP contribution is -2.17. The summed E-state index contributed by atoms with van der Waals surface area (Å²) in [6.07, 6.45) is 0. The van der Waals surface area contributed by atoms with Gasteiger partial charge in [-0.05, 0) is 25.6 Å². The number of hydrogen-bond donors (Lipinski definition) is 1. The lowest BCUT2D eigenvalue weighted by molar-refractivity contribution is 0.354. The third kappa shape index (κ3) is 2.75. The van der Waals surface area contributed by atoms with Crippen LogP contribution in [-0.4, -0.2) is 31.0 Å². The Hall–Kier alpha value is -2.08. The zero-order valence-corrected chi connectivity index (χ0v) is 12.1. The second kappa shape index (κ2) is 6.38. The fourth-order valence-corrected chi connectivity index (χ4v) is 1.97. The summed E-state index contributed by atoms with van der Waals surface area (Å²) in [4.78, 5) is 0. The number of aromatic nitrogens is 2. The van der Waals surface area contributed by atoms with Crippen molar-refractivity contribution in [3.8, 4) is 23.0 Å². The van der Waals surface area contributed by atoms with E-state index >= 15 is 0 Å². The molecular weight excluding hydrogens is 258 g/mol. The molecule has 2 rings (SSSR count). The Morgan fingerprint density at radius 1 is 1.25 bits per heavy atom. The summed E-state index contributed by atoms with van der Waals surface area (Å²) in [5, 5.41) is 11.4. The van der Waals surface area contributed by atoms with Gasteiger partial charge in [0.15, 0.2) is 11.5 Å². The summed E-state index contributed by atoms with van der Waals surface area (Å²) in [5.41, 5.74) is 0.717. The van der Waals surface area contributed by atoms with Crippen LogP contribution in [0.2, 0.25) is 0 Å². The van der Waals surface area contributed by atoms with Crippen molar-refractivity contribution < 1.29 is 13.9 Å². The van der Waals surface area contributed by atoms with Crippen molar-refractivity contribution in [1.82, 2.24) is 15.5 Å². The van der Waals surface area contributed by atoms with E-state index in [9.17, 15) is 0 Å². The molecule has 0 aliphatic heterocycles. The predicted octanol–water partition coefficient (Wildman–Crippen LogP) is 2.42. The van der Waals surface area contributed by atoms with Crippen LogP contribution >= 0.6 is 0 Å². The molecule has 0 aliphatic carbocycles. The summed E-state index contributed by atoms with van der Waals surface area (Å²) < 4.78 is 16.3. The van der Waals surface area contributed by atoms with Crippen LogP contribution in [0.25, 0.3) is 11.5 Å². The van der Waals surface area contributed by atoms with Crippen molar-refractivity contribution in [3.63, 3.8) is 0 Å². The molecule has 0 saturated heterocycles. The number of methoxy groups -OCH3 is 2. The molecule has 1 aromatic carbocycles. The zero-order valence-electron chi connectivity index (χ0n) is 12.1. The minimum atomic E-state index is 0.0119. The van der Waals surface area contributed by atoms with Gasteiger partial charge < -0.3 is 19.2 Å². The van der Waals surface area contributed by atoms with Crippen molar-refractivity contribution in [2.24, 2.45) is 0 Å². The summed E-state index contributed by atoms with van der Waals surface area (Å²) in [6.45, 7) is 4.84. The van der Waals surface area contributed by atoms with E-state index < -0.39 is 0 Å². The van der Waals surface area contributed by atoms with E-state index in [1.165, 1.54) is 0 Å². The molecule has 1 N–H and O–H groups in total. The van der Waals surface area contributed by atoms with E-state index in [0.29, 0.717) is 28.8 Å². The number of ether oxygens (including phenoxy) is 2. The van der Waals surface area contributed by atoms with Crippen molar-refractivity contribution in [2.75, 3.05) is 20.8 Å². The van der Waals surface area contributed by atoms with Gasteiger partial charge in [0.2, 0.25) is 5.89 Å². The van der Waals surface area contributed by atoms with Crippen molar-refractivity contribution in [1.29, 1.82) is 0 Å². The number of rotatable bonds is 6. The molecule has 6 nitrogen and oxygen atoms in total. The number of nitrogens with zero attached hydrogens (tertiary/aromatic N) is 2. The molecule has 6 heteroatoms. The van der Waals surface area contributed by atoms with Crippen LogP contribution in [0.3, 0.4) is 0 Å². The van der Waals surface area contributed by atoms with E-state index in [-0.39, 0.29) is 6.04 Å². The van der Waals surface area contributed by atoms with Crippen LogP contribution in [0.15, 0.2) is 22.6 Å². The molecule has 1 heterocycles. The number of para-hydroxylation sites is 1. The topological polar surface area (TPSA) is 69.4 Å². The second-order valence-electron chi connectivity index (χ2n) is 4.27. The van der Waals surface area contributed by atoms with Crippen LogP contribution in [0, 0.1) is 0 Å². The first-order valence-electron chi connectivity index (χ1n) is 6.49. The Bertz CT molecular complexity index is 569. The van der Waals surface area contributed by atoms with E-state index in [1.54, 1.807) is 14.2 Å². The van der Waals surface area contributed by atoms with Crippen LogP contribution in [0.5, 0.6) is 11.5 Å². The van der Waals surface area contributed by atoms with Gasteiger partial charge in [0, 0.05) is 0 Å². The van der Waals surface area contributed by atoms with Crippen molar-refractivity contribution >= 4 is 0 Å². The van der Waals surface area contributed by atoms with Gasteiger partial charge in [0.25, 0.3) is 5.89 Å². The zero-order chi connectivity index (χ0) is 14.5. The molecule has 0 aliphatic rings. The second-order valence-corrected chi connectivity index (χ2v) is 4.27. The maximum absolute atomic E-state index is 5.71. The van der Waals surface area contributed by atoms with E-state index in [0.717, 1.165) is 6.54 Å². The maximum atomic E-state index is 5.71. The van der Waals surface area contributed by atoms with Gasteiger partial charge in [-0.2, -0.15) is 0 Å². The largest absolute Gasteiger partial charge is 0.493 e. The fourth-order valence-electron chi connectivity index (χ4n) is 1.97. The van der Waals surface area contributed by atoms with Gasteiger partial charge in [-0.3, -0.25) is 0 Å². The molecule has 1 atom stereocenters. The molecule has 0 fully saturated rings. The summed E-state index contributed by atoms with van der Waals surface area (Å²) in [5.74, 6) is 2.18. The highest BCUT2D eigenvalue weighted by atomic mass is 16.5. The van der Waals surface area contributed by atoms with Crippen LogP contribution in [0.4, 0.5) is 0 Å². The Balaban J connectivity index is 2.37. The minimum absolute atomic E-state index is 0.0119. The minimum Gasteiger partial charge on any atom is -0.493 e. The van der Waals surface area contributed by atoms with E-state index in [2.05, 4.69) is 15.5 Å². The van der Waals surface area contributed by atoms with E-state index in [1.807, 2.05) is 32.0 Å². The fraction of sp³-hybridized carbons (Fsp3) is 0.429. The first kappa shape index (κ1) is 14.3. The van der Waals surface area contributed by atoms with Gasteiger partial charge in [0.05, 0.1) is 25.8 Å². The summed E-state index contributed by atoms with van der Waals surface area (Å²) >= 11 is 0. The van der Waals surface area contributed by atoms with Crippen LogP contribution in [0.1, 0.15) is 25.8 Å². The van der Waals surface area contributed by atoms with Gasteiger partial charge in [-0.1, -0.05) is 13.0 Å². The quantitative estimate of drug-likeness (QED) is 0.874. The Morgan fingerprint density at radius 2 is 2.05 bits per heavy atom. The molecular formula is C14H19N3O3. The highest BCUT2D eigenvalue weighted by Gasteiger charge is 2.19. The van der Waals surface area contributed by atoms with Crippen molar-refractivity contribution in [3.05, 3.63) is 24.1 Å². The summed E-state index contributed by atoms with van der Waals surface area (Å²) in [7, 11) is 3.17. The average Bonchev–Trinajstić information content (AvgIpc) is 2.96. The molecule has 1 aromatic heterocycles. The molecule has 108 valence electrons. The first-order valence-corrected chi connectivity index (χ1v) is 6.49. The Morgan fingerprint density at radius 3 is 2.70 bits per heavy atom. The van der Waals surface area contributed by atoms with E-state index in [4.69, 9.17) is 13.9 Å². The monoisotopic (exact) mass is 277 g/mol. The standard InChI is InChI=1S/C14H19N3O3/c1-5-15-9(2)13-16-17-14(20-13)10-7-6-8-11(18-3)12(10)19-4/h6-9,15H,5H2,1-4H3. The van der Waals surface area contributed by atoms with Crippen LogP contribution < -0.4 is 14.8 Å². The van der Waals surface area contributed by atoms with Crippen LogP contribution in [-0.2, 0) is 0 Å².